The fourth-order valence-electron chi connectivity index (χ4n) is 1.87. The summed E-state index contributed by atoms with van der Waals surface area (Å²) >= 11 is 3.45. The van der Waals surface area contributed by atoms with Crippen molar-refractivity contribution in [3.63, 3.8) is 0 Å². The van der Waals surface area contributed by atoms with Gasteiger partial charge in [-0.25, -0.2) is 9.50 Å². The molecular weight excluding hydrogens is 292 g/mol. The highest BCUT2D eigenvalue weighted by atomic mass is 79.9. The summed E-state index contributed by atoms with van der Waals surface area (Å²) < 4.78 is 2.72. The Balaban J connectivity index is 2.24. The first-order valence-corrected chi connectivity index (χ1v) is 6.31. The Hall–Kier alpha value is -1.88. The Morgan fingerprint density at radius 1 is 1.22 bits per heavy atom. The summed E-state index contributed by atoms with van der Waals surface area (Å²) in [6, 6.07) is 9.65. The van der Waals surface area contributed by atoms with Crippen LogP contribution in [0.3, 0.4) is 0 Å². The van der Waals surface area contributed by atoms with Crippen LogP contribution >= 0.6 is 15.9 Å². The first-order chi connectivity index (χ1) is 8.65. The number of benzene rings is 1. The second-order valence-corrected chi connectivity index (χ2v) is 4.96. The summed E-state index contributed by atoms with van der Waals surface area (Å²) in [5.74, 6) is 0.671. The monoisotopic (exact) mass is 302 g/mol. The molecule has 5 heteroatoms. The van der Waals surface area contributed by atoms with Crippen LogP contribution in [0.2, 0.25) is 0 Å². The second-order valence-electron chi connectivity index (χ2n) is 4.15. The van der Waals surface area contributed by atoms with Crippen LogP contribution in [0, 0.1) is 6.92 Å². The van der Waals surface area contributed by atoms with Crippen LogP contribution in [0.25, 0.3) is 16.9 Å². The Bertz CT molecular complexity index is 733. The normalized spacial score (nSPS) is 11.0. The van der Waals surface area contributed by atoms with E-state index in [1.54, 1.807) is 6.20 Å². The van der Waals surface area contributed by atoms with E-state index in [4.69, 9.17) is 5.73 Å². The van der Waals surface area contributed by atoms with E-state index >= 15 is 0 Å². The molecule has 2 aromatic heterocycles. The van der Waals surface area contributed by atoms with Crippen molar-refractivity contribution in [1.82, 2.24) is 14.6 Å². The van der Waals surface area contributed by atoms with Crippen molar-refractivity contribution in [3.8, 4) is 11.4 Å². The molecule has 0 aliphatic carbocycles. The van der Waals surface area contributed by atoms with Gasteiger partial charge in [0.15, 0.2) is 5.82 Å². The maximum atomic E-state index is 5.82. The number of nitrogen functional groups attached to an aromatic ring is 1. The summed E-state index contributed by atoms with van der Waals surface area (Å²) in [5.41, 5.74) is 9.54. The van der Waals surface area contributed by atoms with Gasteiger partial charge in [-0.3, -0.25) is 0 Å². The van der Waals surface area contributed by atoms with E-state index in [9.17, 15) is 0 Å². The number of rotatable bonds is 1. The summed E-state index contributed by atoms with van der Waals surface area (Å²) in [5, 5.41) is 4.51. The second kappa shape index (κ2) is 4.10. The van der Waals surface area contributed by atoms with Gasteiger partial charge in [0.1, 0.15) is 4.60 Å². The average molecular weight is 303 g/mol. The van der Waals surface area contributed by atoms with Crippen LogP contribution in [0.5, 0.6) is 0 Å². The number of halogens is 1. The van der Waals surface area contributed by atoms with Gasteiger partial charge in [0.25, 0.3) is 0 Å². The number of nitrogens with two attached hydrogens (primary N) is 1. The lowest BCUT2D eigenvalue weighted by atomic mass is 10.1. The Labute approximate surface area is 113 Å². The summed E-state index contributed by atoms with van der Waals surface area (Å²) in [7, 11) is 0. The zero-order valence-electron chi connectivity index (χ0n) is 9.76. The highest BCUT2D eigenvalue weighted by Gasteiger charge is 2.08. The average Bonchev–Trinajstić information content (AvgIpc) is 2.74. The third-order valence-corrected chi connectivity index (χ3v) is 3.46. The molecule has 0 amide bonds. The molecule has 2 heterocycles. The van der Waals surface area contributed by atoms with Crippen LogP contribution in [0.15, 0.2) is 41.1 Å². The molecule has 0 fully saturated rings. The molecule has 0 spiro atoms. The standard InChI is InChI=1S/C13H11BrN4/c1-8-2-3-9(15)6-11(8)13-16-7-10-4-5-12(14)18(10)17-13/h2-7H,15H2,1H3. The molecule has 3 rings (SSSR count). The van der Waals surface area contributed by atoms with Crippen molar-refractivity contribution in [3.05, 3.63) is 46.7 Å². The summed E-state index contributed by atoms with van der Waals surface area (Å²) in [6.07, 6.45) is 1.80. The van der Waals surface area contributed by atoms with Crippen molar-refractivity contribution < 1.29 is 0 Å². The minimum absolute atomic E-state index is 0.671. The van der Waals surface area contributed by atoms with E-state index in [-0.39, 0.29) is 0 Å². The Morgan fingerprint density at radius 3 is 2.89 bits per heavy atom. The van der Waals surface area contributed by atoms with E-state index in [1.165, 1.54) is 0 Å². The van der Waals surface area contributed by atoms with Crippen molar-refractivity contribution >= 4 is 27.1 Å². The number of hydrogen-bond donors (Lipinski definition) is 1. The lowest BCUT2D eigenvalue weighted by molar-refractivity contribution is 0.893. The van der Waals surface area contributed by atoms with E-state index in [0.717, 1.165) is 21.2 Å². The molecule has 4 nitrogen and oxygen atoms in total. The fraction of sp³-hybridized carbons (Fsp3) is 0.0769. The molecule has 18 heavy (non-hydrogen) atoms. The van der Waals surface area contributed by atoms with Crippen molar-refractivity contribution in [1.29, 1.82) is 0 Å². The van der Waals surface area contributed by atoms with Gasteiger partial charge in [-0.15, -0.1) is 5.10 Å². The molecule has 3 aromatic rings. The molecule has 90 valence electrons. The molecule has 0 saturated carbocycles. The zero-order valence-corrected chi connectivity index (χ0v) is 11.3. The Kier molecular flexibility index (Phi) is 2.56. The van der Waals surface area contributed by atoms with E-state index in [2.05, 4.69) is 26.0 Å². The third kappa shape index (κ3) is 1.76. The van der Waals surface area contributed by atoms with Crippen LogP contribution < -0.4 is 5.73 Å². The van der Waals surface area contributed by atoms with Gasteiger partial charge in [0.2, 0.25) is 0 Å². The van der Waals surface area contributed by atoms with Gasteiger partial charge in [-0.1, -0.05) is 6.07 Å². The number of fused-ring (bicyclic) bond motifs is 1. The van der Waals surface area contributed by atoms with E-state index in [1.807, 2.05) is 41.8 Å². The SMILES string of the molecule is Cc1ccc(N)cc1-c1ncc2ccc(Br)n2n1. The molecule has 0 radical (unpaired) electrons. The van der Waals surface area contributed by atoms with Gasteiger partial charge < -0.3 is 5.73 Å². The lowest BCUT2D eigenvalue weighted by Crippen LogP contribution is -1.99. The number of hydrogen-bond acceptors (Lipinski definition) is 3. The maximum absolute atomic E-state index is 5.82. The van der Waals surface area contributed by atoms with Crippen molar-refractivity contribution in [2.75, 3.05) is 5.73 Å². The molecular formula is C13H11BrN4. The molecule has 0 unspecified atom stereocenters. The van der Waals surface area contributed by atoms with E-state index in [0.29, 0.717) is 11.5 Å². The molecule has 2 N–H and O–H groups in total. The van der Waals surface area contributed by atoms with Crippen LogP contribution in [-0.2, 0) is 0 Å². The molecule has 0 aliphatic heterocycles. The molecule has 0 atom stereocenters. The minimum Gasteiger partial charge on any atom is -0.399 e. The number of aromatic nitrogens is 3. The predicted octanol–water partition coefficient (Wildman–Crippen LogP) is 3.05. The van der Waals surface area contributed by atoms with E-state index < -0.39 is 0 Å². The largest absolute Gasteiger partial charge is 0.399 e. The van der Waals surface area contributed by atoms with Gasteiger partial charge >= 0.3 is 0 Å². The van der Waals surface area contributed by atoms with Gasteiger partial charge in [-0.05, 0) is 52.7 Å². The first-order valence-electron chi connectivity index (χ1n) is 5.52. The smallest absolute Gasteiger partial charge is 0.180 e. The number of aryl methyl sites for hydroxylation is 1. The molecule has 1 aromatic carbocycles. The van der Waals surface area contributed by atoms with Gasteiger partial charge in [0, 0.05) is 11.3 Å². The summed E-state index contributed by atoms with van der Waals surface area (Å²) in [4.78, 5) is 4.38. The first kappa shape index (κ1) is 11.2. The minimum atomic E-state index is 0.671. The van der Waals surface area contributed by atoms with Crippen LogP contribution in [0.1, 0.15) is 5.56 Å². The van der Waals surface area contributed by atoms with Crippen molar-refractivity contribution in [2.24, 2.45) is 0 Å². The Morgan fingerprint density at radius 2 is 2.06 bits per heavy atom. The summed E-state index contributed by atoms with van der Waals surface area (Å²) in [6.45, 7) is 2.02. The van der Waals surface area contributed by atoms with Gasteiger partial charge in [0.05, 0.1) is 11.7 Å². The maximum Gasteiger partial charge on any atom is 0.180 e. The van der Waals surface area contributed by atoms with Crippen LogP contribution in [0.4, 0.5) is 5.69 Å². The molecule has 0 bridgehead atoms. The predicted molar refractivity (Wildman–Crippen MR) is 75.3 cm³/mol. The highest BCUT2D eigenvalue weighted by Crippen LogP contribution is 2.23. The highest BCUT2D eigenvalue weighted by molar-refractivity contribution is 9.10. The number of anilines is 1. The van der Waals surface area contributed by atoms with Crippen LogP contribution in [-0.4, -0.2) is 14.6 Å². The van der Waals surface area contributed by atoms with Gasteiger partial charge in [-0.2, -0.15) is 0 Å². The third-order valence-electron chi connectivity index (χ3n) is 2.85. The molecule has 0 aliphatic rings. The molecule has 0 saturated heterocycles. The van der Waals surface area contributed by atoms with Crippen molar-refractivity contribution in [2.45, 2.75) is 6.92 Å². The number of nitrogens with zero attached hydrogens (tertiary/aromatic N) is 3. The fourth-order valence-corrected chi connectivity index (χ4v) is 2.29. The zero-order chi connectivity index (χ0) is 12.7. The quantitative estimate of drug-likeness (QED) is 0.703. The lowest BCUT2D eigenvalue weighted by Gasteiger charge is -2.06. The topological polar surface area (TPSA) is 56.2 Å².